The highest BCUT2D eigenvalue weighted by molar-refractivity contribution is 7.18. The maximum Gasteiger partial charge on any atom is 0.259 e. The average molecular weight is 359 g/mol. The Labute approximate surface area is 151 Å². The molecule has 1 amide bonds. The number of aromatic amines is 1. The van der Waals surface area contributed by atoms with Gasteiger partial charge in [0.1, 0.15) is 10.7 Å². The van der Waals surface area contributed by atoms with Crippen LogP contribution in [-0.4, -0.2) is 33.9 Å². The highest BCUT2D eigenvalue weighted by Crippen LogP contribution is 2.33. The quantitative estimate of drug-likeness (QED) is 0.916. The van der Waals surface area contributed by atoms with E-state index in [1.54, 1.807) is 11.3 Å². The van der Waals surface area contributed by atoms with Gasteiger partial charge in [0.25, 0.3) is 5.56 Å². The van der Waals surface area contributed by atoms with Crippen LogP contribution in [0.1, 0.15) is 55.3 Å². The molecule has 1 aliphatic heterocycles. The fourth-order valence-electron chi connectivity index (χ4n) is 4.13. The van der Waals surface area contributed by atoms with E-state index < -0.39 is 0 Å². The molecule has 0 spiro atoms. The predicted molar refractivity (Wildman–Crippen MR) is 100 cm³/mol. The molecule has 5 nitrogen and oxygen atoms in total. The molecule has 0 bridgehead atoms. The van der Waals surface area contributed by atoms with Crippen LogP contribution in [0.4, 0.5) is 0 Å². The van der Waals surface area contributed by atoms with Crippen LogP contribution in [0.25, 0.3) is 10.2 Å². The first-order valence-corrected chi connectivity index (χ1v) is 10.2. The van der Waals surface area contributed by atoms with E-state index in [2.05, 4.69) is 16.9 Å². The van der Waals surface area contributed by atoms with E-state index in [9.17, 15) is 9.59 Å². The van der Waals surface area contributed by atoms with Crippen LogP contribution >= 0.6 is 11.3 Å². The second kappa shape index (κ2) is 6.90. The molecule has 1 aliphatic carbocycles. The van der Waals surface area contributed by atoms with Crippen LogP contribution < -0.4 is 5.56 Å². The maximum absolute atomic E-state index is 12.5. The van der Waals surface area contributed by atoms with Gasteiger partial charge in [-0.3, -0.25) is 9.59 Å². The van der Waals surface area contributed by atoms with Gasteiger partial charge in [-0.25, -0.2) is 4.98 Å². The van der Waals surface area contributed by atoms with Crippen LogP contribution in [0, 0.1) is 5.92 Å². The summed E-state index contributed by atoms with van der Waals surface area (Å²) in [6.07, 6.45) is 7.65. The summed E-state index contributed by atoms with van der Waals surface area (Å²) in [6, 6.07) is 0. The number of piperidine rings is 1. The number of amides is 1. The molecule has 1 atom stereocenters. The minimum atomic E-state index is -0.0292. The lowest BCUT2D eigenvalue weighted by molar-refractivity contribution is -0.132. The van der Waals surface area contributed by atoms with Crippen molar-refractivity contribution in [2.24, 2.45) is 5.92 Å². The van der Waals surface area contributed by atoms with Crippen molar-refractivity contribution in [3.8, 4) is 0 Å². The third-order valence-corrected chi connectivity index (χ3v) is 6.65. The van der Waals surface area contributed by atoms with Gasteiger partial charge in [0, 0.05) is 30.8 Å². The number of rotatable bonds is 3. The smallest absolute Gasteiger partial charge is 0.259 e. The van der Waals surface area contributed by atoms with Gasteiger partial charge in [-0.15, -0.1) is 11.3 Å². The number of aryl methyl sites for hydroxylation is 3. The Hall–Kier alpha value is -1.69. The number of fused-ring (bicyclic) bond motifs is 3. The first-order chi connectivity index (χ1) is 12.1. The standard InChI is InChI=1S/C19H25N3O2S/c1-12-5-4-10-22(11-12)16(23)9-8-15-20-18(24)17-13-6-2-3-7-14(13)25-19(17)21-15/h12H,2-11H2,1H3,(H,20,21,24)/t12-/m1/s1. The Bertz CT molecular complexity index is 854. The maximum atomic E-state index is 12.5. The van der Waals surface area contributed by atoms with E-state index in [0.717, 1.165) is 49.0 Å². The van der Waals surface area contributed by atoms with Crippen LogP contribution in [0.5, 0.6) is 0 Å². The molecule has 1 N–H and O–H groups in total. The molecule has 2 aromatic rings. The number of hydrogen-bond donors (Lipinski definition) is 1. The summed E-state index contributed by atoms with van der Waals surface area (Å²) >= 11 is 1.66. The zero-order chi connectivity index (χ0) is 17.4. The predicted octanol–water partition coefficient (Wildman–Crippen LogP) is 3.05. The summed E-state index contributed by atoms with van der Waals surface area (Å²) in [7, 11) is 0. The van der Waals surface area contributed by atoms with Crippen molar-refractivity contribution in [1.82, 2.24) is 14.9 Å². The van der Waals surface area contributed by atoms with Gasteiger partial charge in [0.15, 0.2) is 0 Å². The van der Waals surface area contributed by atoms with Crippen molar-refractivity contribution in [2.75, 3.05) is 13.1 Å². The van der Waals surface area contributed by atoms with E-state index in [0.29, 0.717) is 24.6 Å². The summed E-state index contributed by atoms with van der Waals surface area (Å²) in [5.41, 5.74) is 1.18. The summed E-state index contributed by atoms with van der Waals surface area (Å²) in [4.78, 5) is 36.7. The van der Waals surface area contributed by atoms with Crippen LogP contribution in [-0.2, 0) is 24.1 Å². The minimum Gasteiger partial charge on any atom is -0.342 e. The van der Waals surface area contributed by atoms with Crippen molar-refractivity contribution >= 4 is 27.5 Å². The first kappa shape index (κ1) is 16.8. The third kappa shape index (κ3) is 3.36. The van der Waals surface area contributed by atoms with Gasteiger partial charge in [0.05, 0.1) is 5.39 Å². The second-order valence-electron chi connectivity index (χ2n) is 7.49. The summed E-state index contributed by atoms with van der Waals surface area (Å²) in [5.74, 6) is 1.42. The minimum absolute atomic E-state index is 0.0292. The zero-order valence-corrected chi connectivity index (χ0v) is 15.6. The lowest BCUT2D eigenvalue weighted by Gasteiger charge is -2.31. The number of aromatic nitrogens is 2. The number of likely N-dealkylation sites (tertiary alicyclic amines) is 1. The molecule has 134 valence electrons. The van der Waals surface area contributed by atoms with Crippen molar-refractivity contribution in [3.63, 3.8) is 0 Å². The summed E-state index contributed by atoms with van der Waals surface area (Å²) in [5, 5.41) is 0.791. The monoisotopic (exact) mass is 359 g/mol. The number of H-pyrrole nitrogens is 1. The topological polar surface area (TPSA) is 66.1 Å². The molecule has 3 heterocycles. The molecule has 0 radical (unpaired) electrons. The SMILES string of the molecule is C[C@@H]1CCCN(C(=O)CCc2nc3sc4c(c3c(=O)[nH]2)CCCC4)C1. The van der Waals surface area contributed by atoms with Crippen molar-refractivity contribution in [3.05, 3.63) is 26.6 Å². The van der Waals surface area contributed by atoms with Gasteiger partial charge >= 0.3 is 0 Å². The largest absolute Gasteiger partial charge is 0.342 e. The van der Waals surface area contributed by atoms with Gasteiger partial charge in [-0.2, -0.15) is 0 Å². The van der Waals surface area contributed by atoms with Crippen molar-refractivity contribution < 1.29 is 4.79 Å². The summed E-state index contributed by atoms with van der Waals surface area (Å²) < 4.78 is 0. The Morgan fingerprint density at radius 2 is 2.16 bits per heavy atom. The van der Waals surface area contributed by atoms with E-state index in [1.165, 1.54) is 23.3 Å². The van der Waals surface area contributed by atoms with Gasteiger partial charge < -0.3 is 9.88 Å². The van der Waals surface area contributed by atoms with E-state index >= 15 is 0 Å². The highest BCUT2D eigenvalue weighted by atomic mass is 32.1. The number of thiophene rings is 1. The Balaban J connectivity index is 1.50. The molecule has 0 unspecified atom stereocenters. The van der Waals surface area contributed by atoms with Gasteiger partial charge in [-0.05, 0) is 50.0 Å². The summed E-state index contributed by atoms with van der Waals surface area (Å²) in [6.45, 7) is 3.92. The second-order valence-corrected chi connectivity index (χ2v) is 8.57. The van der Waals surface area contributed by atoms with Gasteiger partial charge in [0.2, 0.25) is 5.91 Å². The molecular formula is C19H25N3O2S. The number of nitrogens with one attached hydrogen (secondary N) is 1. The molecular weight excluding hydrogens is 334 g/mol. The third-order valence-electron chi connectivity index (χ3n) is 5.46. The molecule has 6 heteroatoms. The molecule has 0 aromatic carbocycles. The molecule has 4 rings (SSSR count). The number of nitrogens with zero attached hydrogens (tertiary/aromatic N) is 2. The molecule has 1 fully saturated rings. The normalized spacial score (nSPS) is 20.7. The number of carbonyl (C=O) groups is 1. The molecule has 0 saturated carbocycles. The Kier molecular flexibility index (Phi) is 4.63. The van der Waals surface area contributed by atoms with Crippen LogP contribution in [0.15, 0.2) is 4.79 Å². The lowest BCUT2D eigenvalue weighted by Crippen LogP contribution is -2.39. The Morgan fingerprint density at radius 1 is 1.32 bits per heavy atom. The Morgan fingerprint density at radius 3 is 3.00 bits per heavy atom. The molecule has 2 aromatic heterocycles. The van der Waals surface area contributed by atoms with E-state index in [-0.39, 0.29) is 11.5 Å². The highest BCUT2D eigenvalue weighted by Gasteiger charge is 2.22. The number of carbonyl (C=O) groups excluding carboxylic acids is 1. The van der Waals surface area contributed by atoms with E-state index in [4.69, 9.17) is 0 Å². The average Bonchev–Trinajstić information content (AvgIpc) is 2.98. The first-order valence-electron chi connectivity index (χ1n) is 9.43. The zero-order valence-electron chi connectivity index (χ0n) is 14.8. The van der Waals surface area contributed by atoms with E-state index in [1.807, 2.05) is 4.90 Å². The molecule has 2 aliphatic rings. The van der Waals surface area contributed by atoms with Crippen LogP contribution in [0.3, 0.4) is 0 Å². The fraction of sp³-hybridized carbons (Fsp3) is 0.632. The van der Waals surface area contributed by atoms with Gasteiger partial charge in [-0.1, -0.05) is 6.92 Å². The number of hydrogen-bond acceptors (Lipinski definition) is 4. The molecule has 25 heavy (non-hydrogen) atoms. The van der Waals surface area contributed by atoms with Crippen molar-refractivity contribution in [1.29, 1.82) is 0 Å². The van der Waals surface area contributed by atoms with Crippen LogP contribution in [0.2, 0.25) is 0 Å². The fourth-order valence-corrected chi connectivity index (χ4v) is 5.41. The van der Waals surface area contributed by atoms with Crippen molar-refractivity contribution in [2.45, 2.75) is 58.3 Å². The lowest BCUT2D eigenvalue weighted by atomic mass is 9.97. The molecule has 1 saturated heterocycles.